The van der Waals surface area contributed by atoms with E-state index < -0.39 is 0 Å². The fraction of sp³-hybridized carbons (Fsp3) is 0.474. The molecule has 0 aliphatic rings. The molecule has 146 valence electrons. The average Bonchev–Trinajstić information content (AvgIpc) is 3.08. The summed E-state index contributed by atoms with van der Waals surface area (Å²) in [6.07, 6.45) is 4.17. The maximum Gasteiger partial charge on any atom is 0.220 e. The van der Waals surface area contributed by atoms with Crippen LogP contribution in [0.2, 0.25) is 0 Å². The zero-order valence-corrected chi connectivity index (χ0v) is 17.2. The van der Waals surface area contributed by atoms with Gasteiger partial charge in [-0.3, -0.25) is 4.79 Å². The standard InChI is InChI=1S/C19H27N3O2.2ClH/c1-4-19(5-2,13-20)22-17(23)10-11-18-21-12-16(24-18)15-8-6-14(3)7-9-15;;/h6-9,12H,4-5,10-11,13,20H2,1-3H3,(H,22,23);2*1H. The third-order valence-electron chi connectivity index (χ3n) is 4.60. The molecule has 0 radical (unpaired) electrons. The van der Waals surface area contributed by atoms with Crippen molar-refractivity contribution in [2.24, 2.45) is 5.73 Å². The fourth-order valence-electron chi connectivity index (χ4n) is 2.62. The summed E-state index contributed by atoms with van der Waals surface area (Å²) in [4.78, 5) is 16.5. The van der Waals surface area contributed by atoms with Gasteiger partial charge in [0.05, 0.1) is 11.7 Å². The Morgan fingerprint density at radius 2 is 1.81 bits per heavy atom. The molecule has 1 aromatic heterocycles. The molecule has 0 spiro atoms. The Morgan fingerprint density at radius 3 is 2.35 bits per heavy atom. The lowest BCUT2D eigenvalue weighted by Gasteiger charge is -2.31. The number of nitrogens with zero attached hydrogens (tertiary/aromatic N) is 1. The second kappa shape index (κ2) is 11.2. The topological polar surface area (TPSA) is 81.1 Å². The van der Waals surface area contributed by atoms with Gasteiger partial charge in [0, 0.05) is 24.9 Å². The van der Waals surface area contributed by atoms with Crippen LogP contribution in [0.15, 0.2) is 34.9 Å². The number of nitrogens with one attached hydrogen (secondary N) is 1. The largest absolute Gasteiger partial charge is 0.441 e. The zero-order valence-electron chi connectivity index (χ0n) is 15.6. The zero-order chi connectivity index (χ0) is 17.6. The smallest absolute Gasteiger partial charge is 0.220 e. The van der Waals surface area contributed by atoms with Crippen LogP contribution in [-0.2, 0) is 11.2 Å². The van der Waals surface area contributed by atoms with Crippen molar-refractivity contribution in [1.82, 2.24) is 10.3 Å². The number of oxazole rings is 1. The second-order valence-corrected chi connectivity index (χ2v) is 6.22. The van der Waals surface area contributed by atoms with Crippen LogP contribution < -0.4 is 11.1 Å². The summed E-state index contributed by atoms with van der Waals surface area (Å²) < 4.78 is 5.75. The van der Waals surface area contributed by atoms with E-state index in [4.69, 9.17) is 10.2 Å². The highest BCUT2D eigenvalue weighted by atomic mass is 35.5. The molecule has 26 heavy (non-hydrogen) atoms. The van der Waals surface area contributed by atoms with Crippen LogP contribution in [0.5, 0.6) is 0 Å². The van der Waals surface area contributed by atoms with Gasteiger partial charge in [-0.15, -0.1) is 24.8 Å². The van der Waals surface area contributed by atoms with Gasteiger partial charge in [0.25, 0.3) is 0 Å². The third kappa shape index (κ3) is 6.31. The summed E-state index contributed by atoms with van der Waals surface area (Å²) in [5, 5.41) is 3.06. The molecule has 1 amide bonds. The van der Waals surface area contributed by atoms with E-state index in [9.17, 15) is 4.79 Å². The second-order valence-electron chi connectivity index (χ2n) is 6.22. The van der Waals surface area contributed by atoms with Crippen LogP contribution in [-0.4, -0.2) is 23.0 Å². The Morgan fingerprint density at radius 1 is 1.19 bits per heavy atom. The lowest BCUT2D eigenvalue weighted by Crippen LogP contribution is -2.52. The van der Waals surface area contributed by atoms with Crippen molar-refractivity contribution in [3.05, 3.63) is 41.9 Å². The molecule has 0 unspecified atom stereocenters. The molecule has 2 aromatic rings. The number of halogens is 2. The normalized spacial score (nSPS) is 10.6. The maximum atomic E-state index is 12.2. The van der Waals surface area contributed by atoms with E-state index in [0.717, 1.165) is 24.2 Å². The number of rotatable bonds is 8. The minimum atomic E-state index is -0.305. The van der Waals surface area contributed by atoms with Gasteiger partial charge in [-0.25, -0.2) is 4.98 Å². The van der Waals surface area contributed by atoms with Crippen molar-refractivity contribution < 1.29 is 9.21 Å². The van der Waals surface area contributed by atoms with Gasteiger partial charge in [0.2, 0.25) is 5.91 Å². The minimum Gasteiger partial charge on any atom is -0.441 e. The number of aromatic nitrogens is 1. The van der Waals surface area contributed by atoms with E-state index in [1.165, 1.54) is 5.56 Å². The van der Waals surface area contributed by atoms with Crippen molar-refractivity contribution in [3.8, 4) is 11.3 Å². The highest BCUT2D eigenvalue weighted by molar-refractivity contribution is 5.85. The number of hydrogen-bond donors (Lipinski definition) is 2. The Kier molecular flexibility index (Phi) is 10.5. The Balaban J connectivity index is 0.00000312. The molecule has 0 aliphatic heterocycles. The summed E-state index contributed by atoms with van der Waals surface area (Å²) >= 11 is 0. The Bertz CT molecular complexity index is 659. The summed E-state index contributed by atoms with van der Waals surface area (Å²) in [6.45, 7) is 6.57. The molecule has 0 aliphatic carbocycles. The molecular formula is C19H29Cl2N3O2. The molecule has 2 rings (SSSR count). The molecule has 0 bridgehead atoms. The molecule has 7 heteroatoms. The molecule has 1 heterocycles. The highest BCUT2D eigenvalue weighted by Gasteiger charge is 2.26. The summed E-state index contributed by atoms with van der Waals surface area (Å²) in [5.41, 5.74) is 7.70. The maximum absolute atomic E-state index is 12.2. The van der Waals surface area contributed by atoms with E-state index >= 15 is 0 Å². The van der Waals surface area contributed by atoms with Crippen LogP contribution in [0, 0.1) is 6.92 Å². The predicted molar refractivity (Wildman–Crippen MR) is 110 cm³/mol. The van der Waals surface area contributed by atoms with Gasteiger partial charge in [0.15, 0.2) is 11.7 Å². The first-order chi connectivity index (χ1) is 11.5. The number of benzene rings is 1. The van der Waals surface area contributed by atoms with Gasteiger partial charge >= 0.3 is 0 Å². The minimum absolute atomic E-state index is 0. The molecule has 1 aromatic carbocycles. The molecule has 0 atom stereocenters. The Hall–Kier alpha value is -1.56. The molecule has 0 saturated heterocycles. The van der Waals surface area contributed by atoms with Crippen LogP contribution >= 0.6 is 24.8 Å². The van der Waals surface area contributed by atoms with E-state index in [1.54, 1.807) is 6.20 Å². The van der Waals surface area contributed by atoms with Crippen molar-refractivity contribution in [1.29, 1.82) is 0 Å². The first kappa shape index (κ1) is 24.4. The monoisotopic (exact) mass is 401 g/mol. The van der Waals surface area contributed by atoms with Crippen LogP contribution in [0.1, 0.15) is 44.6 Å². The lowest BCUT2D eigenvalue weighted by atomic mass is 9.92. The van der Waals surface area contributed by atoms with Crippen molar-refractivity contribution >= 4 is 30.7 Å². The predicted octanol–water partition coefficient (Wildman–Crippen LogP) is 4.06. The lowest BCUT2D eigenvalue weighted by molar-refractivity contribution is -0.123. The number of carbonyl (C=O) groups excluding carboxylic acids is 1. The van der Waals surface area contributed by atoms with Gasteiger partial charge in [-0.05, 0) is 19.8 Å². The van der Waals surface area contributed by atoms with Gasteiger partial charge in [-0.2, -0.15) is 0 Å². The summed E-state index contributed by atoms with van der Waals surface area (Å²) in [6, 6.07) is 8.08. The van der Waals surface area contributed by atoms with E-state index in [-0.39, 0.29) is 36.3 Å². The first-order valence-corrected chi connectivity index (χ1v) is 8.54. The molecule has 3 N–H and O–H groups in total. The van der Waals surface area contributed by atoms with Gasteiger partial charge < -0.3 is 15.5 Å². The van der Waals surface area contributed by atoms with Gasteiger partial charge in [0.1, 0.15) is 0 Å². The van der Waals surface area contributed by atoms with Crippen LogP contribution in [0.25, 0.3) is 11.3 Å². The van der Waals surface area contributed by atoms with Crippen LogP contribution in [0.4, 0.5) is 0 Å². The Labute approximate surface area is 168 Å². The SMILES string of the molecule is CCC(CC)(CN)NC(=O)CCc1ncc(-c2ccc(C)cc2)o1.Cl.Cl. The fourth-order valence-corrected chi connectivity index (χ4v) is 2.62. The number of aryl methyl sites for hydroxylation is 2. The average molecular weight is 402 g/mol. The molecular weight excluding hydrogens is 373 g/mol. The molecule has 0 fully saturated rings. The van der Waals surface area contributed by atoms with Crippen LogP contribution in [0.3, 0.4) is 0 Å². The molecule has 0 saturated carbocycles. The molecule has 5 nitrogen and oxygen atoms in total. The quantitative estimate of drug-likeness (QED) is 0.698. The first-order valence-electron chi connectivity index (χ1n) is 8.54. The van der Waals surface area contributed by atoms with E-state index in [2.05, 4.69) is 10.3 Å². The summed E-state index contributed by atoms with van der Waals surface area (Å²) in [5.74, 6) is 1.29. The van der Waals surface area contributed by atoms with Crippen molar-refractivity contribution in [2.75, 3.05) is 6.54 Å². The summed E-state index contributed by atoms with van der Waals surface area (Å²) in [7, 11) is 0. The van der Waals surface area contributed by atoms with Gasteiger partial charge in [-0.1, -0.05) is 43.7 Å². The van der Waals surface area contributed by atoms with E-state index in [1.807, 2.05) is 45.0 Å². The van der Waals surface area contributed by atoms with Crippen molar-refractivity contribution in [3.63, 3.8) is 0 Å². The van der Waals surface area contributed by atoms with E-state index in [0.29, 0.717) is 25.3 Å². The highest BCUT2D eigenvalue weighted by Crippen LogP contribution is 2.21. The van der Waals surface area contributed by atoms with Crippen molar-refractivity contribution in [2.45, 2.75) is 52.0 Å². The number of hydrogen-bond acceptors (Lipinski definition) is 4. The number of nitrogens with two attached hydrogens (primary N) is 1. The number of amides is 1. The third-order valence-corrected chi connectivity index (χ3v) is 4.60. The number of carbonyl (C=O) groups is 1.